The Bertz CT molecular complexity index is 761. The number of methoxy groups -OCH3 is 2. The summed E-state index contributed by atoms with van der Waals surface area (Å²) in [5, 5.41) is 1.28. The van der Waals surface area contributed by atoms with Gasteiger partial charge < -0.3 is 14.4 Å². The van der Waals surface area contributed by atoms with Crippen LogP contribution in [0.5, 0.6) is 11.5 Å². The molecule has 140 valence electrons. The number of rotatable bonds is 5. The van der Waals surface area contributed by atoms with E-state index in [0.29, 0.717) is 21.8 Å². The smallest absolute Gasteiger partial charge is 0.139 e. The summed E-state index contributed by atoms with van der Waals surface area (Å²) in [5.74, 6) is 1.44. The van der Waals surface area contributed by atoms with E-state index in [2.05, 4.69) is 22.8 Å². The molecule has 1 atom stereocenters. The SMILES string of the molecule is COc1cc(C(C)N2CCN(c3ccc(Cl)c(OC)c3)CC2)ccc1Cl. The average Bonchev–Trinajstić information content (AvgIpc) is 2.68. The Labute approximate surface area is 165 Å². The minimum atomic E-state index is 0.308. The van der Waals surface area contributed by atoms with Gasteiger partial charge in [0, 0.05) is 44.0 Å². The van der Waals surface area contributed by atoms with Crippen molar-refractivity contribution in [2.45, 2.75) is 13.0 Å². The van der Waals surface area contributed by atoms with Crippen LogP contribution in [0, 0.1) is 0 Å². The fraction of sp³-hybridized carbons (Fsp3) is 0.400. The van der Waals surface area contributed by atoms with E-state index in [1.54, 1.807) is 14.2 Å². The van der Waals surface area contributed by atoms with Crippen molar-refractivity contribution in [1.82, 2.24) is 4.90 Å². The zero-order chi connectivity index (χ0) is 18.7. The molecule has 1 aliphatic heterocycles. The van der Waals surface area contributed by atoms with E-state index in [1.807, 2.05) is 30.3 Å². The molecule has 0 N–H and O–H groups in total. The Hall–Kier alpha value is -1.62. The summed E-state index contributed by atoms with van der Waals surface area (Å²) in [6.45, 7) is 6.11. The lowest BCUT2D eigenvalue weighted by Gasteiger charge is -2.39. The van der Waals surface area contributed by atoms with E-state index < -0.39 is 0 Å². The first-order valence-corrected chi connectivity index (χ1v) is 9.45. The topological polar surface area (TPSA) is 24.9 Å². The molecule has 1 fully saturated rings. The first-order valence-electron chi connectivity index (χ1n) is 8.69. The van der Waals surface area contributed by atoms with Crippen LogP contribution in [0.1, 0.15) is 18.5 Å². The summed E-state index contributed by atoms with van der Waals surface area (Å²) in [4.78, 5) is 4.84. The van der Waals surface area contributed by atoms with Gasteiger partial charge in [0.15, 0.2) is 0 Å². The highest BCUT2D eigenvalue weighted by Gasteiger charge is 2.23. The average molecular weight is 395 g/mol. The normalized spacial score (nSPS) is 16.4. The lowest BCUT2D eigenvalue weighted by Crippen LogP contribution is -2.47. The van der Waals surface area contributed by atoms with Crippen molar-refractivity contribution in [3.63, 3.8) is 0 Å². The quantitative estimate of drug-likeness (QED) is 0.720. The monoisotopic (exact) mass is 394 g/mol. The number of nitrogens with zero attached hydrogens (tertiary/aromatic N) is 2. The van der Waals surface area contributed by atoms with E-state index in [-0.39, 0.29) is 0 Å². The van der Waals surface area contributed by atoms with Crippen LogP contribution in [0.15, 0.2) is 36.4 Å². The highest BCUT2D eigenvalue weighted by Crippen LogP contribution is 2.32. The number of anilines is 1. The van der Waals surface area contributed by atoms with E-state index in [1.165, 1.54) is 5.56 Å². The van der Waals surface area contributed by atoms with Gasteiger partial charge >= 0.3 is 0 Å². The number of benzene rings is 2. The van der Waals surface area contributed by atoms with Gasteiger partial charge in [-0.3, -0.25) is 4.90 Å². The fourth-order valence-corrected chi connectivity index (χ4v) is 3.75. The van der Waals surface area contributed by atoms with Gasteiger partial charge in [-0.1, -0.05) is 29.3 Å². The minimum Gasteiger partial charge on any atom is -0.495 e. The molecule has 1 unspecified atom stereocenters. The molecular weight excluding hydrogens is 371 g/mol. The van der Waals surface area contributed by atoms with Crippen LogP contribution >= 0.6 is 23.2 Å². The molecule has 6 heteroatoms. The molecule has 2 aromatic carbocycles. The third kappa shape index (κ3) is 4.03. The van der Waals surface area contributed by atoms with Gasteiger partial charge in [-0.2, -0.15) is 0 Å². The molecule has 1 heterocycles. The van der Waals surface area contributed by atoms with Crippen LogP contribution in [0.3, 0.4) is 0 Å². The molecule has 0 radical (unpaired) electrons. The summed E-state index contributed by atoms with van der Waals surface area (Å²) in [7, 11) is 3.29. The molecule has 0 amide bonds. The highest BCUT2D eigenvalue weighted by atomic mass is 35.5. The lowest BCUT2D eigenvalue weighted by molar-refractivity contribution is 0.198. The van der Waals surface area contributed by atoms with E-state index in [9.17, 15) is 0 Å². The van der Waals surface area contributed by atoms with Crippen molar-refractivity contribution in [3.8, 4) is 11.5 Å². The van der Waals surface area contributed by atoms with Crippen molar-refractivity contribution in [3.05, 3.63) is 52.0 Å². The molecule has 0 saturated carbocycles. The molecule has 4 nitrogen and oxygen atoms in total. The molecule has 3 rings (SSSR count). The highest BCUT2D eigenvalue weighted by molar-refractivity contribution is 6.32. The van der Waals surface area contributed by atoms with Gasteiger partial charge in [-0.15, -0.1) is 0 Å². The summed E-state index contributed by atoms with van der Waals surface area (Å²) < 4.78 is 10.7. The molecule has 0 aliphatic carbocycles. The van der Waals surface area contributed by atoms with Crippen molar-refractivity contribution in [1.29, 1.82) is 0 Å². The van der Waals surface area contributed by atoms with Gasteiger partial charge in [0.25, 0.3) is 0 Å². The Balaban J connectivity index is 1.66. The maximum Gasteiger partial charge on any atom is 0.139 e. The largest absolute Gasteiger partial charge is 0.495 e. The third-order valence-electron chi connectivity index (χ3n) is 5.02. The molecule has 1 aliphatic rings. The molecule has 0 aromatic heterocycles. The summed E-state index contributed by atoms with van der Waals surface area (Å²) >= 11 is 12.3. The maximum absolute atomic E-state index is 6.14. The second-order valence-electron chi connectivity index (χ2n) is 6.41. The van der Waals surface area contributed by atoms with Crippen LogP contribution in [0.25, 0.3) is 0 Å². The van der Waals surface area contributed by atoms with E-state index >= 15 is 0 Å². The Morgan fingerprint density at radius 1 is 0.846 bits per heavy atom. The number of halogens is 2. The lowest BCUT2D eigenvalue weighted by atomic mass is 10.1. The van der Waals surface area contributed by atoms with Crippen LogP contribution in [0.4, 0.5) is 5.69 Å². The zero-order valence-electron chi connectivity index (χ0n) is 15.3. The molecule has 2 aromatic rings. The Morgan fingerprint density at radius 3 is 2.04 bits per heavy atom. The maximum atomic E-state index is 6.14. The van der Waals surface area contributed by atoms with Crippen molar-refractivity contribution in [2.75, 3.05) is 45.3 Å². The number of piperazine rings is 1. The number of hydrogen-bond acceptors (Lipinski definition) is 4. The minimum absolute atomic E-state index is 0.308. The van der Waals surface area contributed by atoms with Crippen molar-refractivity contribution < 1.29 is 9.47 Å². The number of hydrogen-bond donors (Lipinski definition) is 0. The van der Waals surface area contributed by atoms with Crippen LogP contribution in [-0.4, -0.2) is 45.3 Å². The van der Waals surface area contributed by atoms with E-state index in [4.69, 9.17) is 32.7 Å². The van der Waals surface area contributed by atoms with Crippen LogP contribution < -0.4 is 14.4 Å². The summed E-state index contributed by atoms with van der Waals surface area (Å²) in [6.07, 6.45) is 0. The van der Waals surface area contributed by atoms with Crippen molar-refractivity contribution in [2.24, 2.45) is 0 Å². The predicted octanol–water partition coefficient (Wildman–Crippen LogP) is 4.89. The molecule has 0 spiro atoms. The molecular formula is C20H24Cl2N2O2. The predicted molar refractivity (Wildman–Crippen MR) is 108 cm³/mol. The third-order valence-corrected chi connectivity index (χ3v) is 5.64. The van der Waals surface area contributed by atoms with Crippen molar-refractivity contribution >= 4 is 28.9 Å². The number of ether oxygens (including phenoxy) is 2. The first kappa shape index (κ1) is 19.2. The first-order chi connectivity index (χ1) is 12.5. The zero-order valence-corrected chi connectivity index (χ0v) is 16.8. The van der Waals surface area contributed by atoms with E-state index in [0.717, 1.165) is 37.6 Å². The molecule has 1 saturated heterocycles. The second kappa shape index (κ2) is 8.38. The van der Waals surface area contributed by atoms with Gasteiger partial charge in [-0.25, -0.2) is 0 Å². The van der Waals surface area contributed by atoms with Gasteiger partial charge in [0.1, 0.15) is 11.5 Å². The Kier molecular flexibility index (Phi) is 6.17. The summed E-state index contributed by atoms with van der Waals surface area (Å²) in [5.41, 5.74) is 2.36. The fourth-order valence-electron chi connectivity index (χ4n) is 3.36. The Morgan fingerprint density at radius 2 is 1.42 bits per heavy atom. The summed E-state index contributed by atoms with van der Waals surface area (Å²) in [6, 6.07) is 12.3. The van der Waals surface area contributed by atoms with Crippen LogP contribution in [-0.2, 0) is 0 Å². The second-order valence-corrected chi connectivity index (χ2v) is 7.23. The molecule has 0 bridgehead atoms. The van der Waals surface area contributed by atoms with Gasteiger partial charge in [0.2, 0.25) is 0 Å². The van der Waals surface area contributed by atoms with Gasteiger partial charge in [-0.05, 0) is 36.8 Å². The van der Waals surface area contributed by atoms with Crippen LogP contribution in [0.2, 0.25) is 10.0 Å². The van der Waals surface area contributed by atoms with Gasteiger partial charge in [0.05, 0.1) is 24.3 Å². The standard InChI is InChI=1S/C20H24Cl2N2O2/c1-14(15-4-6-17(21)19(12-15)25-2)23-8-10-24(11-9-23)16-5-7-18(22)20(13-16)26-3/h4-7,12-14H,8-11H2,1-3H3. The molecule has 26 heavy (non-hydrogen) atoms.